The van der Waals surface area contributed by atoms with E-state index < -0.39 is 12.1 Å². The number of carbonyl (C=O) groups excluding carboxylic acids is 2. The monoisotopic (exact) mass is 327 g/mol. The van der Waals surface area contributed by atoms with E-state index in [1.165, 1.54) is 0 Å². The molecule has 0 atom stereocenters. The topological polar surface area (TPSA) is 133 Å². The van der Waals surface area contributed by atoms with Gasteiger partial charge in [0, 0.05) is 11.4 Å². The summed E-state index contributed by atoms with van der Waals surface area (Å²) >= 11 is 0. The van der Waals surface area contributed by atoms with Gasteiger partial charge in [-0.3, -0.25) is 5.43 Å². The summed E-state index contributed by atoms with van der Waals surface area (Å²) in [6.45, 7) is 0. The molecule has 9 nitrogen and oxygen atoms in total. The zero-order valence-electron chi connectivity index (χ0n) is 12.6. The first-order chi connectivity index (χ1) is 11.6. The average Bonchev–Trinajstić information content (AvgIpc) is 2.60. The molecule has 0 spiro atoms. The highest BCUT2D eigenvalue weighted by Crippen LogP contribution is 2.04. The Morgan fingerprint density at radius 2 is 1.25 bits per heavy atom. The molecule has 24 heavy (non-hydrogen) atoms. The van der Waals surface area contributed by atoms with Crippen LogP contribution >= 0.6 is 0 Å². The molecule has 0 aliphatic rings. The van der Waals surface area contributed by atoms with Crippen molar-refractivity contribution in [3.8, 4) is 0 Å². The van der Waals surface area contributed by atoms with Crippen molar-refractivity contribution in [3.63, 3.8) is 0 Å². The van der Waals surface area contributed by atoms with Crippen molar-refractivity contribution in [1.29, 1.82) is 0 Å². The largest absolute Gasteiger partial charge is 0.367 e. The third-order valence-corrected chi connectivity index (χ3v) is 2.65. The van der Waals surface area contributed by atoms with E-state index in [1.54, 1.807) is 48.5 Å². The first-order valence-corrected chi connectivity index (χ1v) is 6.97. The predicted molar refractivity (Wildman–Crippen MR) is 92.0 cm³/mol. The number of amides is 4. The summed E-state index contributed by atoms with van der Waals surface area (Å²) in [6, 6.07) is 16.6. The van der Waals surface area contributed by atoms with E-state index in [0.29, 0.717) is 11.4 Å². The standard InChI is InChI=1S/C15H17N7O2/c16-13(19-21-14(23)17-11-7-3-1-4-8-11)20-22-15(24)18-12-9-5-2-6-10-12/h1-10H,(H3,16,19,20)(H2,17,21,23)(H2,18,22,24). The number of urea groups is 2. The number of anilines is 2. The Labute approximate surface area is 138 Å². The summed E-state index contributed by atoms with van der Waals surface area (Å²) in [7, 11) is 0. The Hall–Kier alpha value is -3.75. The van der Waals surface area contributed by atoms with Crippen molar-refractivity contribution in [1.82, 2.24) is 16.3 Å². The van der Waals surface area contributed by atoms with Gasteiger partial charge in [-0.15, -0.1) is 5.10 Å². The van der Waals surface area contributed by atoms with Crippen LogP contribution in [0.1, 0.15) is 0 Å². The normalized spacial score (nSPS) is 10.4. The van der Waals surface area contributed by atoms with Crippen molar-refractivity contribution in [2.75, 3.05) is 10.6 Å². The van der Waals surface area contributed by atoms with Gasteiger partial charge in [-0.05, 0) is 24.3 Å². The molecular weight excluding hydrogens is 310 g/mol. The van der Waals surface area contributed by atoms with Gasteiger partial charge in [0.15, 0.2) is 0 Å². The van der Waals surface area contributed by atoms with Crippen molar-refractivity contribution in [2.45, 2.75) is 0 Å². The van der Waals surface area contributed by atoms with Crippen LogP contribution in [0.2, 0.25) is 0 Å². The highest BCUT2D eigenvalue weighted by Gasteiger charge is 2.02. The molecule has 0 fully saturated rings. The Morgan fingerprint density at radius 3 is 1.79 bits per heavy atom. The molecule has 0 radical (unpaired) electrons. The number of hydrazine groups is 1. The summed E-state index contributed by atoms with van der Waals surface area (Å²) in [4.78, 5) is 23.2. The van der Waals surface area contributed by atoms with Crippen LogP contribution in [0, 0.1) is 0 Å². The molecule has 2 rings (SSSR count). The number of rotatable bonds is 3. The Balaban J connectivity index is 1.71. The maximum Gasteiger partial charge on any atom is 0.339 e. The smallest absolute Gasteiger partial charge is 0.339 e. The number of hydrogen-bond acceptors (Lipinski definition) is 3. The zero-order valence-corrected chi connectivity index (χ0v) is 12.6. The second-order valence-corrected chi connectivity index (χ2v) is 4.50. The first-order valence-electron chi connectivity index (χ1n) is 6.97. The van der Waals surface area contributed by atoms with Crippen LogP contribution in [0.15, 0.2) is 65.8 Å². The molecule has 0 aliphatic heterocycles. The van der Waals surface area contributed by atoms with Gasteiger partial charge in [-0.2, -0.15) is 0 Å². The number of nitrogens with two attached hydrogens (primary N) is 1. The quantitative estimate of drug-likeness (QED) is 0.288. The maximum absolute atomic E-state index is 11.6. The van der Waals surface area contributed by atoms with Gasteiger partial charge < -0.3 is 16.4 Å². The molecule has 0 aromatic heterocycles. The summed E-state index contributed by atoms with van der Waals surface area (Å²) in [5.74, 6) is -0.193. The van der Waals surface area contributed by atoms with Gasteiger partial charge in [0.05, 0.1) is 0 Å². The number of hydrogen-bond donors (Lipinski definition) is 6. The molecule has 2 aromatic carbocycles. The molecule has 0 heterocycles. The Morgan fingerprint density at radius 1 is 0.750 bits per heavy atom. The fourth-order valence-electron chi connectivity index (χ4n) is 1.62. The second kappa shape index (κ2) is 8.63. The number of nitrogens with zero attached hydrogens (tertiary/aromatic N) is 1. The lowest BCUT2D eigenvalue weighted by Gasteiger charge is -2.09. The summed E-state index contributed by atoms with van der Waals surface area (Å²) in [5.41, 5.74) is 13.5. The van der Waals surface area contributed by atoms with Crippen LogP contribution < -0.4 is 32.6 Å². The minimum Gasteiger partial charge on any atom is -0.367 e. The molecule has 0 bridgehead atoms. The van der Waals surface area contributed by atoms with Gasteiger partial charge in [0.2, 0.25) is 5.96 Å². The number of benzene rings is 2. The van der Waals surface area contributed by atoms with Crippen LogP contribution in [0.5, 0.6) is 0 Å². The average molecular weight is 327 g/mol. The Kier molecular flexibility index (Phi) is 5.98. The van der Waals surface area contributed by atoms with E-state index in [-0.39, 0.29) is 5.96 Å². The van der Waals surface area contributed by atoms with Gasteiger partial charge >= 0.3 is 12.1 Å². The molecule has 0 unspecified atom stereocenters. The van der Waals surface area contributed by atoms with Crippen molar-refractivity contribution < 1.29 is 9.59 Å². The number of nitrogens with one attached hydrogen (secondary N) is 5. The van der Waals surface area contributed by atoms with Crippen molar-refractivity contribution in [3.05, 3.63) is 60.7 Å². The SMILES string of the molecule is N/C(=N/NC(=O)Nc1ccccc1)NNC(=O)Nc1ccccc1. The minimum absolute atomic E-state index is 0.193. The highest BCUT2D eigenvalue weighted by molar-refractivity contribution is 5.92. The fraction of sp³-hybridized carbons (Fsp3) is 0. The predicted octanol–water partition coefficient (Wildman–Crippen LogP) is 1.36. The van der Waals surface area contributed by atoms with Crippen molar-refractivity contribution in [2.24, 2.45) is 10.8 Å². The number of carbonyl (C=O) groups is 2. The minimum atomic E-state index is -0.570. The van der Waals surface area contributed by atoms with Gasteiger partial charge in [0.1, 0.15) is 0 Å². The molecule has 0 saturated heterocycles. The molecule has 0 saturated carbocycles. The number of para-hydroxylation sites is 2. The first kappa shape index (κ1) is 16.6. The van der Waals surface area contributed by atoms with Gasteiger partial charge in [0.25, 0.3) is 0 Å². The van der Waals surface area contributed by atoms with E-state index in [0.717, 1.165) is 0 Å². The third-order valence-electron chi connectivity index (χ3n) is 2.65. The molecular formula is C15H17N7O2. The second-order valence-electron chi connectivity index (χ2n) is 4.50. The van der Waals surface area contributed by atoms with E-state index in [4.69, 9.17) is 5.73 Å². The molecule has 2 aromatic rings. The van der Waals surface area contributed by atoms with Crippen LogP contribution in [0.3, 0.4) is 0 Å². The molecule has 0 aliphatic carbocycles. The molecule has 9 heteroatoms. The van der Waals surface area contributed by atoms with Crippen LogP contribution in [0.25, 0.3) is 0 Å². The lowest BCUT2D eigenvalue weighted by molar-refractivity contribution is 0.250. The van der Waals surface area contributed by atoms with Crippen molar-refractivity contribution >= 4 is 29.4 Å². The van der Waals surface area contributed by atoms with Crippen LogP contribution in [0.4, 0.5) is 21.0 Å². The van der Waals surface area contributed by atoms with E-state index in [9.17, 15) is 9.59 Å². The van der Waals surface area contributed by atoms with Gasteiger partial charge in [-0.25, -0.2) is 20.4 Å². The Bertz CT molecular complexity index is 704. The summed E-state index contributed by atoms with van der Waals surface area (Å²) in [6.07, 6.45) is 0. The van der Waals surface area contributed by atoms with Crippen LogP contribution in [-0.2, 0) is 0 Å². The number of hydrazone groups is 1. The molecule has 7 N–H and O–H groups in total. The lowest BCUT2D eigenvalue weighted by Crippen LogP contribution is -2.48. The molecule has 124 valence electrons. The van der Waals surface area contributed by atoms with E-state index in [2.05, 4.69) is 32.0 Å². The van der Waals surface area contributed by atoms with E-state index >= 15 is 0 Å². The molecule has 4 amide bonds. The lowest BCUT2D eigenvalue weighted by atomic mass is 10.3. The summed E-state index contributed by atoms with van der Waals surface area (Å²) in [5, 5.41) is 8.70. The maximum atomic E-state index is 11.6. The number of guanidine groups is 1. The van der Waals surface area contributed by atoms with Crippen LogP contribution in [-0.4, -0.2) is 18.0 Å². The third kappa shape index (κ3) is 5.93. The fourth-order valence-corrected chi connectivity index (χ4v) is 1.62. The van der Waals surface area contributed by atoms with Gasteiger partial charge in [-0.1, -0.05) is 36.4 Å². The zero-order chi connectivity index (χ0) is 17.2. The van der Waals surface area contributed by atoms with E-state index in [1.807, 2.05) is 12.1 Å². The summed E-state index contributed by atoms with van der Waals surface area (Å²) < 4.78 is 0. The highest BCUT2D eigenvalue weighted by atomic mass is 16.2.